The van der Waals surface area contributed by atoms with Crippen molar-refractivity contribution in [2.24, 2.45) is 5.73 Å². The van der Waals surface area contributed by atoms with Crippen LogP contribution in [0.15, 0.2) is 21.2 Å². The summed E-state index contributed by atoms with van der Waals surface area (Å²) in [5, 5.41) is 0. The molecular weight excluding hydrogens is 346 g/mol. The molecule has 2 atom stereocenters. The molecule has 94 valence electrons. The number of aromatic nitrogens is 1. The molecule has 2 N–H and O–H groups in total. The Morgan fingerprint density at radius 1 is 1.35 bits per heavy atom. The molecule has 0 radical (unpaired) electrons. The van der Waals surface area contributed by atoms with Crippen molar-refractivity contribution in [3.63, 3.8) is 0 Å². The van der Waals surface area contributed by atoms with Gasteiger partial charge in [-0.25, -0.2) is 4.98 Å². The van der Waals surface area contributed by atoms with Gasteiger partial charge in [0.25, 0.3) is 0 Å². The van der Waals surface area contributed by atoms with E-state index in [0.29, 0.717) is 6.04 Å². The summed E-state index contributed by atoms with van der Waals surface area (Å²) in [6.07, 6.45) is 6.60. The molecule has 1 aromatic heterocycles. The van der Waals surface area contributed by atoms with Crippen molar-refractivity contribution < 1.29 is 0 Å². The molecule has 1 heterocycles. The van der Waals surface area contributed by atoms with Crippen LogP contribution in [0.3, 0.4) is 0 Å². The Morgan fingerprint density at radius 3 is 2.71 bits per heavy atom. The van der Waals surface area contributed by atoms with Crippen LogP contribution in [-0.4, -0.2) is 24.1 Å². The predicted molar refractivity (Wildman–Crippen MR) is 78.3 cm³/mol. The van der Waals surface area contributed by atoms with Gasteiger partial charge in [-0.05, 0) is 50.8 Å². The van der Waals surface area contributed by atoms with Crippen molar-refractivity contribution in [2.75, 3.05) is 11.9 Å². The lowest BCUT2D eigenvalue weighted by atomic mass is 9.90. The van der Waals surface area contributed by atoms with Crippen LogP contribution in [-0.2, 0) is 0 Å². The average molecular weight is 363 g/mol. The van der Waals surface area contributed by atoms with Gasteiger partial charge in [0.05, 0.1) is 4.47 Å². The maximum Gasteiger partial charge on any atom is 0.142 e. The van der Waals surface area contributed by atoms with Crippen LogP contribution in [0.2, 0.25) is 0 Å². The second kappa shape index (κ2) is 5.67. The number of halogens is 2. The van der Waals surface area contributed by atoms with E-state index in [-0.39, 0.29) is 6.04 Å². The lowest BCUT2D eigenvalue weighted by Gasteiger charge is -2.37. The molecule has 1 aliphatic carbocycles. The van der Waals surface area contributed by atoms with Crippen LogP contribution in [0.5, 0.6) is 0 Å². The van der Waals surface area contributed by atoms with Crippen molar-refractivity contribution in [1.29, 1.82) is 0 Å². The first kappa shape index (κ1) is 13.3. The predicted octanol–water partition coefficient (Wildman–Crippen LogP) is 3.31. The molecule has 1 aromatic rings. The third-order valence-electron chi connectivity index (χ3n) is 3.40. The first-order chi connectivity index (χ1) is 8.09. The molecular formula is C12H17Br2N3. The highest BCUT2D eigenvalue weighted by Crippen LogP contribution is 2.30. The maximum absolute atomic E-state index is 6.20. The number of anilines is 1. The summed E-state index contributed by atoms with van der Waals surface area (Å²) in [6, 6.07) is 2.67. The molecule has 0 amide bonds. The first-order valence-electron chi connectivity index (χ1n) is 5.89. The second-order valence-electron chi connectivity index (χ2n) is 4.59. The van der Waals surface area contributed by atoms with Gasteiger partial charge in [0.2, 0.25) is 0 Å². The number of nitrogens with two attached hydrogens (primary N) is 1. The third-order valence-corrected chi connectivity index (χ3v) is 4.42. The lowest BCUT2D eigenvalue weighted by Crippen LogP contribution is -2.48. The fraction of sp³-hybridized carbons (Fsp3) is 0.583. The van der Waals surface area contributed by atoms with Gasteiger partial charge in [-0.15, -0.1) is 0 Å². The van der Waals surface area contributed by atoms with Gasteiger partial charge in [0.15, 0.2) is 0 Å². The Kier molecular flexibility index (Phi) is 4.44. The zero-order valence-corrected chi connectivity index (χ0v) is 13.0. The van der Waals surface area contributed by atoms with E-state index in [2.05, 4.69) is 48.8 Å². The molecule has 5 heteroatoms. The second-order valence-corrected chi connectivity index (χ2v) is 6.36. The van der Waals surface area contributed by atoms with Crippen LogP contribution in [0.4, 0.5) is 5.82 Å². The summed E-state index contributed by atoms with van der Waals surface area (Å²) in [5.74, 6) is 0.968. The molecule has 0 aliphatic heterocycles. The smallest absolute Gasteiger partial charge is 0.142 e. The van der Waals surface area contributed by atoms with Crippen molar-refractivity contribution >= 4 is 37.7 Å². The Hall–Kier alpha value is -0.130. The van der Waals surface area contributed by atoms with E-state index in [1.54, 1.807) is 0 Å². The van der Waals surface area contributed by atoms with Gasteiger partial charge in [0.1, 0.15) is 5.82 Å². The van der Waals surface area contributed by atoms with Crippen molar-refractivity contribution in [3.05, 3.63) is 21.2 Å². The highest BCUT2D eigenvalue weighted by molar-refractivity contribution is 9.11. The minimum Gasteiger partial charge on any atom is -0.354 e. The fourth-order valence-electron chi connectivity index (χ4n) is 2.44. The summed E-state index contributed by atoms with van der Waals surface area (Å²) < 4.78 is 1.99. The van der Waals surface area contributed by atoms with E-state index in [1.165, 1.54) is 12.8 Å². The van der Waals surface area contributed by atoms with E-state index in [4.69, 9.17) is 5.73 Å². The van der Waals surface area contributed by atoms with Gasteiger partial charge >= 0.3 is 0 Å². The summed E-state index contributed by atoms with van der Waals surface area (Å²) >= 11 is 6.98. The Bertz CT molecular complexity index is 397. The Labute approximate surface area is 119 Å². The van der Waals surface area contributed by atoms with Crippen molar-refractivity contribution in [3.8, 4) is 0 Å². The molecule has 17 heavy (non-hydrogen) atoms. The topological polar surface area (TPSA) is 42.2 Å². The molecule has 0 saturated heterocycles. The number of rotatable bonds is 2. The fourth-order valence-corrected chi connectivity index (χ4v) is 3.71. The van der Waals surface area contributed by atoms with E-state index in [0.717, 1.165) is 27.6 Å². The van der Waals surface area contributed by atoms with Crippen LogP contribution in [0.1, 0.15) is 25.7 Å². The number of pyridine rings is 1. The van der Waals surface area contributed by atoms with Crippen molar-refractivity contribution in [2.45, 2.75) is 37.8 Å². The van der Waals surface area contributed by atoms with Crippen LogP contribution in [0, 0.1) is 0 Å². The first-order valence-corrected chi connectivity index (χ1v) is 7.47. The standard InChI is InChI=1S/C12H17Br2N3/c1-17(11-5-3-2-4-10(11)15)12-9(14)6-8(13)7-16-12/h6-7,10-11H,2-5,15H2,1H3. The summed E-state index contributed by atoms with van der Waals surface area (Å²) in [7, 11) is 2.08. The molecule has 3 nitrogen and oxygen atoms in total. The molecule has 0 aromatic carbocycles. The molecule has 1 fully saturated rings. The van der Waals surface area contributed by atoms with E-state index < -0.39 is 0 Å². The van der Waals surface area contributed by atoms with Crippen LogP contribution < -0.4 is 10.6 Å². The molecule has 0 bridgehead atoms. The maximum atomic E-state index is 6.20. The van der Waals surface area contributed by atoms with E-state index in [1.807, 2.05) is 12.3 Å². The summed E-state index contributed by atoms with van der Waals surface area (Å²) in [6.45, 7) is 0. The monoisotopic (exact) mass is 361 g/mol. The number of hydrogen-bond acceptors (Lipinski definition) is 3. The lowest BCUT2D eigenvalue weighted by molar-refractivity contribution is 0.372. The molecule has 2 unspecified atom stereocenters. The zero-order chi connectivity index (χ0) is 12.4. The highest BCUT2D eigenvalue weighted by Gasteiger charge is 2.27. The third kappa shape index (κ3) is 3.01. The number of hydrogen-bond donors (Lipinski definition) is 1. The number of nitrogens with zero attached hydrogens (tertiary/aromatic N) is 2. The number of likely N-dealkylation sites (N-methyl/N-ethyl adjacent to an activating group) is 1. The molecule has 1 aliphatic rings. The van der Waals surface area contributed by atoms with Crippen LogP contribution in [0.25, 0.3) is 0 Å². The van der Waals surface area contributed by atoms with Gasteiger partial charge < -0.3 is 10.6 Å². The Balaban J connectivity index is 2.20. The van der Waals surface area contributed by atoms with Gasteiger partial charge in [-0.1, -0.05) is 12.8 Å². The van der Waals surface area contributed by atoms with Gasteiger partial charge in [0, 0.05) is 29.8 Å². The highest BCUT2D eigenvalue weighted by atomic mass is 79.9. The normalized spacial score (nSPS) is 24.7. The SMILES string of the molecule is CN(c1ncc(Br)cc1Br)C1CCCCC1N. The van der Waals surface area contributed by atoms with E-state index in [9.17, 15) is 0 Å². The quantitative estimate of drug-likeness (QED) is 0.877. The zero-order valence-electron chi connectivity index (χ0n) is 9.87. The van der Waals surface area contributed by atoms with Crippen LogP contribution >= 0.6 is 31.9 Å². The molecule has 1 saturated carbocycles. The molecule has 0 spiro atoms. The van der Waals surface area contributed by atoms with Gasteiger partial charge in [-0.3, -0.25) is 0 Å². The summed E-state index contributed by atoms with van der Waals surface area (Å²) in [5.41, 5.74) is 6.20. The largest absolute Gasteiger partial charge is 0.354 e. The van der Waals surface area contributed by atoms with E-state index >= 15 is 0 Å². The van der Waals surface area contributed by atoms with Gasteiger partial charge in [-0.2, -0.15) is 0 Å². The van der Waals surface area contributed by atoms with Crippen molar-refractivity contribution in [1.82, 2.24) is 4.98 Å². The minimum atomic E-state index is 0.256. The molecule has 2 rings (SSSR count). The summed E-state index contributed by atoms with van der Waals surface area (Å²) in [4.78, 5) is 6.67. The average Bonchev–Trinajstić information content (AvgIpc) is 2.29. The minimum absolute atomic E-state index is 0.256. The Morgan fingerprint density at radius 2 is 2.06 bits per heavy atom.